The maximum absolute atomic E-state index is 5.72. The Bertz CT molecular complexity index is 465. The van der Waals surface area contributed by atoms with Gasteiger partial charge in [0.2, 0.25) is 0 Å². The number of rotatable bonds is 2. The summed E-state index contributed by atoms with van der Waals surface area (Å²) in [6.07, 6.45) is 9.24. The number of hydrogen-bond acceptors (Lipinski definition) is 3. The Balaban J connectivity index is 1.70. The molecule has 3 nitrogen and oxygen atoms in total. The fourth-order valence-corrected chi connectivity index (χ4v) is 2.71. The van der Waals surface area contributed by atoms with Crippen molar-refractivity contribution >= 4 is 17.1 Å². The molecular formula is C15H20N2O. The molecule has 1 fully saturated rings. The van der Waals surface area contributed by atoms with Crippen LogP contribution in [0.1, 0.15) is 44.9 Å². The fraction of sp³-hybridized carbons (Fsp3) is 0.533. The van der Waals surface area contributed by atoms with Crippen LogP contribution >= 0.6 is 0 Å². The first kappa shape index (κ1) is 11.6. The van der Waals surface area contributed by atoms with Crippen LogP contribution in [0.15, 0.2) is 28.7 Å². The minimum Gasteiger partial charge on any atom is -0.424 e. The molecule has 0 atom stereocenters. The first-order chi connectivity index (χ1) is 8.92. The molecular weight excluding hydrogens is 224 g/mol. The van der Waals surface area contributed by atoms with Gasteiger partial charge in [0.1, 0.15) is 5.52 Å². The molecule has 0 unspecified atom stereocenters. The van der Waals surface area contributed by atoms with E-state index in [1.807, 2.05) is 24.3 Å². The number of nitrogens with one attached hydrogen (secondary N) is 1. The zero-order chi connectivity index (χ0) is 12.2. The average molecular weight is 244 g/mol. The van der Waals surface area contributed by atoms with E-state index in [1.54, 1.807) is 0 Å². The van der Waals surface area contributed by atoms with Crippen molar-refractivity contribution in [3.05, 3.63) is 24.3 Å². The summed E-state index contributed by atoms with van der Waals surface area (Å²) in [6, 6.07) is 9.13. The number of nitrogens with zero attached hydrogens (tertiary/aromatic N) is 1. The number of oxazole rings is 1. The van der Waals surface area contributed by atoms with Crippen LogP contribution in [0.2, 0.25) is 0 Å². The molecule has 1 aliphatic rings. The molecule has 1 aliphatic carbocycles. The Labute approximate surface area is 108 Å². The average Bonchev–Trinajstić information content (AvgIpc) is 2.74. The number of anilines is 1. The van der Waals surface area contributed by atoms with Gasteiger partial charge in [-0.25, -0.2) is 0 Å². The number of aromatic nitrogens is 1. The fourth-order valence-electron chi connectivity index (χ4n) is 2.71. The van der Waals surface area contributed by atoms with Crippen LogP contribution in [0.5, 0.6) is 0 Å². The predicted molar refractivity (Wildman–Crippen MR) is 73.7 cm³/mol. The van der Waals surface area contributed by atoms with Gasteiger partial charge in [-0.1, -0.05) is 44.2 Å². The van der Waals surface area contributed by atoms with E-state index >= 15 is 0 Å². The van der Waals surface area contributed by atoms with Gasteiger partial charge >= 0.3 is 0 Å². The zero-order valence-corrected chi connectivity index (χ0v) is 10.7. The number of benzene rings is 1. The second-order valence-electron chi connectivity index (χ2n) is 5.17. The molecule has 0 radical (unpaired) electrons. The zero-order valence-electron chi connectivity index (χ0n) is 10.7. The molecule has 0 spiro atoms. The highest BCUT2D eigenvalue weighted by molar-refractivity contribution is 5.74. The molecule has 0 aliphatic heterocycles. The molecule has 18 heavy (non-hydrogen) atoms. The summed E-state index contributed by atoms with van der Waals surface area (Å²) in [5.41, 5.74) is 1.80. The van der Waals surface area contributed by atoms with E-state index in [1.165, 1.54) is 44.9 Å². The Morgan fingerprint density at radius 3 is 2.50 bits per heavy atom. The maximum atomic E-state index is 5.72. The van der Waals surface area contributed by atoms with Gasteiger partial charge < -0.3 is 9.73 Å². The summed E-state index contributed by atoms with van der Waals surface area (Å²) in [5, 5.41) is 3.46. The van der Waals surface area contributed by atoms with Crippen LogP contribution in [0, 0.1) is 0 Å². The third-order valence-electron chi connectivity index (χ3n) is 3.73. The highest BCUT2D eigenvalue weighted by Gasteiger charge is 2.13. The van der Waals surface area contributed by atoms with Gasteiger partial charge in [0.05, 0.1) is 0 Å². The largest absolute Gasteiger partial charge is 0.424 e. The van der Waals surface area contributed by atoms with E-state index in [2.05, 4.69) is 10.3 Å². The molecule has 3 rings (SSSR count). The van der Waals surface area contributed by atoms with Crippen molar-refractivity contribution in [3.63, 3.8) is 0 Å². The summed E-state index contributed by atoms with van der Waals surface area (Å²) >= 11 is 0. The van der Waals surface area contributed by atoms with Gasteiger partial charge in [-0.2, -0.15) is 4.98 Å². The van der Waals surface area contributed by atoms with Crippen LogP contribution in [0.4, 0.5) is 6.01 Å². The summed E-state index contributed by atoms with van der Waals surface area (Å²) in [6.45, 7) is 0. The van der Waals surface area contributed by atoms with Crippen molar-refractivity contribution in [1.29, 1.82) is 0 Å². The van der Waals surface area contributed by atoms with Crippen molar-refractivity contribution in [3.8, 4) is 0 Å². The molecule has 1 N–H and O–H groups in total. The molecule has 0 amide bonds. The quantitative estimate of drug-likeness (QED) is 0.853. The van der Waals surface area contributed by atoms with E-state index in [4.69, 9.17) is 4.42 Å². The van der Waals surface area contributed by atoms with E-state index in [0.29, 0.717) is 12.1 Å². The van der Waals surface area contributed by atoms with Crippen molar-refractivity contribution < 1.29 is 4.42 Å². The van der Waals surface area contributed by atoms with Crippen molar-refractivity contribution in [2.75, 3.05) is 5.32 Å². The van der Waals surface area contributed by atoms with Gasteiger partial charge in [-0.3, -0.25) is 0 Å². The minimum atomic E-state index is 0.526. The Morgan fingerprint density at radius 2 is 1.72 bits per heavy atom. The van der Waals surface area contributed by atoms with E-state index in [-0.39, 0.29) is 0 Å². The highest BCUT2D eigenvalue weighted by atomic mass is 16.4. The summed E-state index contributed by atoms with van der Waals surface area (Å²) in [4.78, 5) is 4.48. The van der Waals surface area contributed by atoms with Crippen LogP contribution in [-0.2, 0) is 0 Å². The van der Waals surface area contributed by atoms with Crippen LogP contribution in [-0.4, -0.2) is 11.0 Å². The SMILES string of the molecule is c1ccc2oc(NC3CCCCCCC3)nc2c1. The number of fused-ring (bicyclic) bond motifs is 1. The lowest BCUT2D eigenvalue weighted by Crippen LogP contribution is -2.20. The molecule has 1 heterocycles. The maximum Gasteiger partial charge on any atom is 0.295 e. The van der Waals surface area contributed by atoms with Gasteiger partial charge in [-0.15, -0.1) is 0 Å². The van der Waals surface area contributed by atoms with E-state index in [9.17, 15) is 0 Å². The Kier molecular flexibility index (Phi) is 3.49. The monoisotopic (exact) mass is 244 g/mol. The van der Waals surface area contributed by atoms with Crippen molar-refractivity contribution in [2.24, 2.45) is 0 Å². The molecule has 1 saturated carbocycles. The summed E-state index contributed by atoms with van der Waals surface area (Å²) in [5.74, 6) is 0. The molecule has 3 heteroatoms. The number of para-hydroxylation sites is 2. The molecule has 0 saturated heterocycles. The van der Waals surface area contributed by atoms with E-state index in [0.717, 1.165) is 11.1 Å². The third-order valence-corrected chi connectivity index (χ3v) is 3.73. The van der Waals surface area contributed by atoms with Crippen LogP contribution in [0.25, 0.3) is 11.1 Å². The smallest absolute Gasteiger partial charge is 0.295 e. The molecule has 2 aromatic rings. The first-order valence-electron chi connectivity index (χ1n) is 7.04. The Hall–Kier alpha value is -1.51. The van der Waals surface area contributed by atoms with Gasteiger partial charge in [0, 0.05) is 6.04 Å². The molecule has 1 aromatic carbocycles. The van der Waals surface area contributed by atoms with Gasteiger partial charge in [-0.05, 0) is 25.0 Å². The first-order valence-corrected chi connectivity index (χ1v) is 7.04. The Morgan fingerprint density at radius 1 is 1.00 bits per heavy atom. The molecule has 96 valence electrons. The lowest BCUT2D eigenvalue weighted by molar-refractivity contribution is 0.461. The van der Waals surface area contributed by atoms with Crippen molar-refractivity contribution in [1.82, 2.24) is 4.98 Å². The van der Waals surface area contributed by atoms with Crippen LogP contribution < -0.4 is 5.32 Å². The van der Waals surface area contributed by atoms with Gasteiger partial charge in [0.15, 0.2) is 5.58 Å². The lowest BCUT2D eigenvalue weighted by atomic mass is 9.97. The van der Waals surface area contributed by atoms with E-state index < -0.39 is 0 Å². The highest BCUT2D eigenvalue weighted by Crippen LogP contribution is 2.23. The normalized spacial score (nSPS) is 18.4. The standard InChI is InChI=1S/C15H20N2O/c1-2-4-8-12(9-5-3-1)16-15-17-13-10-6-7-11-14(13)18-15/h6-7,10-12H,1-5,8-9H2,(H,16,17). The van der Waals surface area contributed by atoms with Crippen LogP contribution in [0.3, 0.4) is 0 Å². The van der Waals surface area contributed by atoms with Crippen molar-refractivity contribution in [2.45, 2.75) is 51.0 Å². The second kappa shape index (κ2) is 5.42. The molecule has 0 bridgehead atoms. The second-order valence-corrected chi connectivity index (χ2v) is 5.17. The minimum absolute atomic E-state index is 0.526. The third kappa shape index (κ3) is 2.66. The summed E-state index contributed by atoms with van der Waals surface area (Å²) in [7, 11) is 0. The topological polar surface area (TPSA) is 38.1 Å². The number of hydrogen-bond donors (Lipinski definition) is 1. The summed E-state index contributed by atoms with van der Waals surface area (Å²) < 4.78 is 5.72. The lowest BCUT2D eigenvalue weighted by Gasteiger charge is -2.19. The van der Waals surface area contributed by atoms with Gasteiger partial charge in [0.25, 0.3) is 6.01 Å². The molecule has 1 aromatic heterocycles. The predicted octanol–water partition coefficient (Wildman–Crippen LogP) is 4.35.